The number of carboxylic acids is 1. The minimum Gasteiger partial charge on any atom is -0.479 e. The first-order valence-electron chi connectivity index (χ1n) is 30.3. The van der Waals surface area contributed by atoms with E-state index in [4.69, 9.17) is 23.7 Å². The molecule has 0 aromatic rings. The molecule has 75 heavy (non-hydrogen) atoms. The third-order valence-corrected chi connectivity index (χ3v) is 13.6. The van der Waals surface area contributed by atoms with Crippen molar-refractivity contribution in [1.29, 1.82) is 0 Å². The van der Waals surface area contributed by atoms with E-state index in [0.717, 1.165) is 109 Å². The Morgan fingerprint density at radius 2 is 0.853 bits per heavy atom. The molecule has 1 heterocycles. The van der Waals surface area contributed by atoms with Gasteiger partial charge in [-0.1, -0.05) is 229 Å². The highest BCUT2D eigenvalue weighted by Crippen LogP contribution is 2.26. The van der Waals surface area contributed by atoms with Crippen LogP contribution >= 0.6 is 0 Å². The van der Waals surface area contributed by atoms with Gasteiger partial charge in [0, 0.05) is 19.3 Å². The lowest BCUT2D eigenvalue weighted by molar-refractivity contribution is -0.301. The van der Waals surface area contributed by atoms with Crippen molar-refractivity contribution in [2.45, 2.75) is 302 Å². The second-order valence-corrected chi connectivity index (χ2v) is 20.6. The van der Waals surface area contributed by atoms with Crippen LogP contribution in [0.25, 0.3) is 0 Å². The van der Waals surface area contributed by atoms with E-state index in [9.17, 15) is 34.5 Å². The van der Waals surface area contributed by atoms with Gasteiger partial charge in [0.25, 0.3) is 0 Å². The van der Waals surface area contributed by atoms with E-state index in [1.165, 1.54) is 96.3 Å². The Bertz CT molecular complexity index is 1540. The number of carbonyl (C=O) groups excluding carboxylic acids is 3. The number of hydrogen-bond donors (Lipinski definition) is 3. The molecule has 0 spiro atoms. The molecule has 0 saturated carbocycles. The summed E-state index contributed by atoms with van der Waals surface area (Å²) in [5.74, 6) is -3.15. The first-order valence-corrected chi connectivity index (χ1v) is 30.3. The van der Waals surface area contributed by atoms with E-state index in [1.54, 1.807) is 0 Å². The van der Waals surface area contributed by atoms with Gasteiger partial charge in [-0.15, -0.1) is 0 Å². The van der Waals surface area contributed by atoms with E-state index < -0.39 is 67.3 Å². The first-order chi connectivity index (χ1) is 36.6. The second kappa shape index (κ2) is 51.2. The van der Waals surface area contributed by atoms with Crippen molar-refractivity contribution in [3.8, 4) is 0 Å². The number of allylic oxidation sites excluding steroid dienone is 10. The molecule has 0 aromatic heterocycles. The van der Waals surface area contributed by atoms with Gasteiger partial charge in [0.05, 0.1) is 6.61 Å². The van der Waals surface area contributed by atoms with Crippen LogP contribution in [0.2, 0.25) is 0 Å². The fourth-order valence-electron chi connectivity index (χ4n) is 8.93. The molecule has 12 heteroatoms. The van der Waals surface area contributed by atoms with Crippen LogP contribution in [-0.2, 0) is 42.9 Å². The van der Waals surface area contributed by atoms with Crippen molar-refractivity contribution in [2.24, 2.45) is 0 Å². The van der Waals surface area contributed by atoms with Gasteiger partial charge in [-0.25, -0.2) is 4.79 Å². The van der Waals surface area contributed by atoms with Crippen LogP contribution in [0.3, 0.4) is 0 Å². The van der Waals surface area contributed by atoms with E-state index in [1.807, 2.05) is 0 Å². The van der Waals surface area contributed by atoms with E-state index in [2.05, 4.69) is 81.5 Å². The van der Waals surface area contributed by atoms with Gasteiger partial charge in [0.2, 0.25) is 0 Å². The highest BCUT2D eigenvalue weighted by molar-refractivity contribution is 5.74. The molecule has 6 unspecified atom stereocenters. The Morgan fingerprint density at radius 3 is 1.33 bits per heavy atom. The lowest BCUT2D eigenvalue weighted by Crippen LogP contribution is -2.61. The average Bonchev–Trinajstić information content (AvgIpc) is 3.39. The average molecular weight is 1060 g/mol. The minimum atomic E-state index is -1.91. The van der Waals surface area contributed by atoms with Crippen molar-refractivity contribution in [2.75, 3.05) is 13.2 Å². The molecule has 432 valence electrons. The zero-order valence-corrected chi connectivity index (χ0v) is 47.5. The normalized spacial score (nSPS) is 18.5. The van der Waals surface area contributed by atoms with Crippen LogP contribution in [0, 0.1) is 0 Å². The molecule has 0 aromatic carbocycles. The maximum absolute atomic E-state index is 13.1. The molecule has 1 saturated heterocycles. The minimum absolute atomic E-state index is 0.0318. The summed E-state index contributed by atoms with van der Waals surface area (Å²) >= 11 is 0. The number of unbranched alkanes of at least 4 members (excludes halogenated alkanes) is 27. The summed E-state index contributed by atoms with van der Waals surface area (Å²) in [7, 11) is 0. The summed E-state index contributed by atoms with van der Waals surface area (Å²) in [6.07, 6.45) is 50.5. The van der Waals surface area contributed by atoms with Crippen molar-refractivity contribution in [1.82, 2.24) is 0 Å². The largest absolute Gasteiger partial charge is 0.479 e. The van der Waals surface area contributed by atoms with E-state index in [0.29, 0.717) is 19.3 Å². The smallest absolute Gasteiger partial charge is 0.335 e. The summed E-state index contributed by atoms with van der Waals surface area (Å²) in [6, 6.07) is 0. The van der Waals surface area contributed by atoms with Crippen molar-refractivity contribution < 1.29 is 58.2 Å². The second-order valence-electron chi connectivity index (χ2n) is 20.6. The maximum Gasteiger partial charge on any atom is 0.335 e. The fraction of sp³-hybridized carbons (Fsp3) is 0.778. The Balaban J connectivity index is 2.67. The molecule has 0 radical (unpaired) electrons. The van der Waals surface area contributed by atoms with Crippen LogP contribution in [-0.4, -0.2) is 89.2 Å². The highest BCUT2D eigenvalue weighted by Gasteiger charge is 2.50. The van der Waals surface area contributed by atoms with Crippen LogP contribution in [0.4, 0.5) is 0 Å². The predicted octanol–water partition coefficient (Wildman–Crippen LogP) is 15.6. The Kier molecular flexibility index (Phi) is 47.4. The van der Waals surface area contributed by atoms with Gasteiger partial charge in [0.15, 0.2) is 24.6 Å². The summed E-state index contributed by atoms with van der Waals surface area (Å²) in [6.45, 7) is 5.84. The molecule has 1 fully saturated rings. The van der Waals surface area contributed by atoms with Gasteiger partial charge in [-0.2, -0.15) is 0 Å². The third kappa shape index (κ3) is 41.2. The predicted molar refractivity (Wildman–Crippen MR) is 303 cm³/mol. The fourth-order valence-corrected chi connectivity index (χ4v) is 8.93. The van der Waals surface area contributed by atoms with Crippen molar-refractivity contribution in [3.63, 3.8) is 0 Å². The Morgan fingerprint density at radius 1 is 0.453 bits per heavy atom. The molecule has 1 aliphatic rings. The van der Waals surface area contributed by atoms with Gasteiger partial charge in [-0.05, 0) is 77.0 Å². The number of aliphatic hydroxyl groups is 2. The molecule has 3 N–H and O–H groups in total. The van der Waals surface area contributed by atoms with Gasteiger partial charge in [-0.3, -0.25) is 14.4 Å². The van der Waals surface area contributed by atoms with Crippen molar-refractivity contribution in [3.05, 3.63) is 60.8 Å². The molecule has 0 aliphatic carbocycles. The lowest BCUT2D eigenvalue weighted by Gasteiger charge is -2.40. The number of rotatable bonds is 51. The number of aliphatic hydroxyl groups excluding tert-OH is 2. The molecule has 12 nitrogen and oxygen atoms in total. The third-order valence-electron chi connectivity index (χ3n) is 13.6. The summed E-state index contributed by atoms with van der Waals surface area (Å²) in [5, 5.41) is 31.5. The number of hydrogen-bond acceptors (Lipinski definition) is 11. The number of carboxylic acid groups (broad SMARTS) is 1. The Labute approximate surface area is 456 Å². The molecule has 1 rings (SSSR count). The topological polar surface area (TPSA) is 175 Å². The molecule has 0 amide bonds. The van der Waals surface area contributed by atoms with Gasteiger partial charge >= 0.3 is 23.9 Å². The monoisotopic (exact) mass is 1060 g/mol. The van der Waals surface area contributed by atoms with Crippen LogP contribution in [0.15, 0.2) is 60.8 Å². The van der Waals surface area contributed by atoms with Crippen LogP contribution in [0.1, 0.15) is 265 Å². The summed E-state index contributed by atoms with van der Waals surface area (Å²) in [5.41, 5.74) is 0. The van der Waals surface area contributed by atoms with Crippen LogP contribution < -0.4 is 0 Å². The van der Waals surface area contributed by atoms with Gasteiger partial charge < -0.3 is 39.0 Å². The maximum atomic E-state index is 13.1. The van der Waals surface area contributed by atoms with E-state index in [-0.39, 0.29) is 25.9 Å². The molecular formula is C63H108O12. The molecule has 1 aliphatic heterocycles. The molecule has 0 bridgehead atoms. The van der Waals surface area contributed by atoms with E-state index >= 15 is 0 Å². The number of carbonyl (C=O) groups is 4. The number of esters is 3. The quantitative estimate of drug-likeness (QED) is 0.0228. The summed E-state index contributed by atoms with van der Waals surface area (Å²) in [4.78, 5) is 51.1. The zero-order valence-electron chi connectivity index (χ0n) is 47.5. The highest BCUT2D eigenvalue weighted by atomic mass is 16.7. The Hall–Kier alpha value is -3.58. The number of aliphatic carboxylic acids is 1. The van der Waals surface area contributed by atoms with Crippen molar-refractivity contribution >= 4 is 23.9 Å². The zero-order chi connectivity index (χ0) is 54.7. The standard InChI is InChI=1S/C63H108O12/c1-4-7-10-13-16-19-22-24-26-28-30-32-35-37-40-43-46-49-55(64)71-52-54(73-56(65)50-47-44-41-38-34-21-18-15-12-9-6-3)53-72-63-61(59(68)58(67)60(75-63)62(69)70)74-57(66)51-48-45-42-39-36-33-31-29-27-25-23-20-17-14-11-8-5-2/h8,11,15,17-18,20,25,27,31,33,54,58-61,63,67-68H,4-7,9-10,12-14,16,19,21-24,26,28-30,32,34-53H2,1-3H3,(H,69,70)/b11-8-,18-15-,20-17-,27-25-,33-31-. The number of ether oxygens (including phenoxy) is 5. The van der Waals surface area contributed by atoms with Gasteiger partial charge in [0.1, 0.15) is 18.8 Å². The molecular weight excluding hydrogens is 949 g/mol. The first kappa shape index (κ1) is 69.4. The van der Waals surface area contributed by atoms with Crippen LogP contribution in [0.5, 0.6) is 0 Å². The SMILES string of the molecule is CC/C=C\C/C=C\C/C=C\C/C=C\CCCCCCC(=O)OC1C(OCC(COC(=O)CCCCCCCCCCCCCCCCCCC)OC(=O)CCCCCCC/C=C\CCCC)OC(C(=O)O)C(O)C1O. The lowest BCUT2D eigenvalue weighted by atomic mass is 9.98. The summed E-state index contributed by atoms with van der Waals surface area (Å²) < 4.78 is 28.4. The molecule has 6 atom stereocenters.